The fourth-order valence-electron chi connectivity index (χ4n) is 1.24. The molecule has 1 aliphatic rings. The van der Waals surface area contributed by atoms with Crippen molar-refractivity contribution < 1.29 is 9.47 Å². The molecule has 1 rings (SSSR count). The first-order valence-electron chi connectivity index (χ1n) is 4.11. The van der Waals surface area contributed by atoms with Crippen LogP contribution in [0.1, 0.15) is 20.3 Å². The van der Waals surface area contributed by atoms with Crippen molar-refractivity contribution in [3.05, 3.63) is 0 Å². The summed E-state index contributed by atoms with van der Waals surface area (Å²) in [5.41, 5.74) is 0. The molecular formula is C8H14Br2O2. The van der Waals surface area contributed by atoms with Crippen molar-refractivity contribution in [1.82, 2.24) is 0 Å². The molecule has 0 N–H and O–H groups in total. The third-order valence-corrected chi connectivity index (χ3v) is 4.29. The SMILES string of the molecule is CCC(C)(Br)C1(CBr)OCCO1. The predicted octanol–water partition coefficient (Wildman–Crippen LogP) is 2.69. The van der Waals surface area contributed by atoms with Crippen LogP contribution in [0.4, 0.5) is 0 Å². The molecule has 0 aromatic rings. The lowest BCUT2D eigenvalue weighted by Gasteiger charge is -2.38. The van der Waals surface area contributed by atoms with Gasteiger partial charge in [-0.1, -0.05) is 38.8 Å². The molecule has 0 spiro atoms. The standard InChI is InChI=1S/C8H14Br2O2/c1-3-7(2,10)8(6-9)11-4-5-12-8/h3-6H2,1-2H3. The lowest BCUT2D eigenvalue weighted by atomic mass is 9.99. The van der Waals surface area contributed by atoms with E-state index in [4.69, 9.17) is 9.47 Å². The molecule has 1 atom stereocenters. The first-order chi connectivity index (χ1) is 5.58. The summed E-state index contributed by atoms with van der Waals surface area (Å²) in [5.74, 6) is -0.484. The van der Waals surface area contributed by atoms with Crippen LogP contribution in [-0.4, -0.2) is 28.7 Å². The predicted molar refractivity (Wildman–Crippen MR) is 56.1 cm³/mol. The highest BCUT2D eigenvalue weighted by Crippen LogP contribution is 2.41. The van der Waals surface area contributed by atoms with Gasteiger partial charge < -0.3 is 9.47 Å². The van der Waals surface area contributed by atoms with E-state index in [0.717, 1.165) is 6.42 Å². The van der Waals surface area contributed by atoms with Crippen LogP contribution in [0.2, 0.25) is 0 Å². The monoisotopic (exact) mass is 300 g/mol. The fourth-order valence-corrected chi connectivity index (χ4v) is 2.93. The quantitative estimate of drug-likeness (QED) is 0.746. The topological polar surface area (TPSA) is 18.5 Å². The van der Waals surface area contributed by atoms with Gasteiger partial charge in [0.05, 0.1) is 22.9 Å². The molecule has 1 fully saturated rings. The smallest absolute Gasteiger partial charge is 0.193 e. The Balaban J connectivity index is 2.78. The molecule has 0 aromatic heterocycles. The number of alkyl halides is 2. The lowest BCUT2D eigenvalue weighted by molar-refractivity contribution is -0.157. The third-order valence-electron chi connectivity index (χ3n) is 2.39. The van der Waals surface area contributed by atoms with Crippen molar-refractivity contribution in [1.29, 1.82) is 0 Å². The van der Waals surface area contributed by atoms with Gasteiger partial charge in [-0.25, -0.2) is 0 Å². The highest BCUT2D eigenvalue weighted by molar-refractivity contribution is 9.10. The first-order valence-corrected chi connectivity index (χ1v) is 6.02. The molecule has 12 heavy (non-hydrogen) atoms. The fraction of sp³-hybridized carbons (Fsp3) is 1.00. The molecule has 0 amide bonds. The zero-order chi connectivity index (χ0) is 9.24. The molecular weight excluding hydrogens is 288 g/mol. The summed E-state index contributed by atoms with van der Waals surface area (Å²) in [6.07, 6.45) is 0.971. The number of hydrogen-bond acceptors (Lipinski definition) is 2. The Kier molecular flexibility index (Phi) is 3.60. The lowest BCUT2D eigenvalue weighted by Crippen LogP contribution is -2.50. The average Bonchev–Trinajstić information content (AvgIpc) is 2.53. The van der Waals surface area contributed by atoms with Gasteiger partial charge in [0.25, 0.3) is 0 Å². The largest absolute Gasteiger partial charge is 0.345 e. The highest BCUT2D eigenvalue weighted by atomic mass is 79.9. The van der Waals surface area contributed by atoms with Crippen LogP contribution in [-0.2, 0) is 9.47 Å². The van der Waals surface area contributed by atoms with Gasteiger partial charge in [-0.05, 0) is 13.3 Å². The first kappa shape index (κ1) is 11.0. The number of rotatable bonds is 3. The molecule has 72 valence electrons. The minimum atomic E-state index is -0.484. The van der Waals surface area contributed by atoms with Crippen molar-refractivity contribution in [2.24, 2.45) is 0 Å². The normalized spacial score (nSPS) is 27.0. The summed E-state index contributed by atoms with van der Waals surface area (Å²) >= 11 is 7.08. The zero-order valence-electron chi connectivity index (χ0n) is 7.40. The van der Waals surface area contributed by atoms with Crippen LogP contribution >= 0.6 is 31.9 Å². The maximum Gasteiger partial charge on any atom is 0.193 e. The molecule has 0 aromatic carbocycles. The molecule has 1 heterocycles. The Morgan fingerprint density at radius 3 is 2.25 bits per heavy atom. The molecule has 4 heteroatoms. The van der Waals surface area contributed by atoms with E-state index in [9.17, 15) is 0 Å². The van der Waals surface area contributed by atoms with Crippen LogP contribution in [0.5, 0.6) is 0 Å². The summed E-state index contributed by atoms with van der Waals surface area (Å²) in [4.78, 5) is 0. The van der Waals surface area contributed by atoms with E-state index in [-0.39, 0.29) is 4.32 Å². The number of halogens is 2. The Morgan fingerprint density at radius 2 is 1.92 bits per heavy atom. The van der Waals surface area contributed by atoms with Crippen molar-refractivity contribution in [2.75, 3.05) is 18.5 Å². The molecule has 0 bridgehead atoms. The van der Waals surface area contributed by atoms with E-state index in [1.54, 1.807) is 0 Å². The molecule has 0 radical (unpaired) electrons. The summed E-state index contributed by atoms with van der Waals surface area (Å²) in [5, 5.41) is 0.704. The summed E-state index contributed by atoms with van der Waals surface area (Å²) < 4.78 is 11.1. The minimum absolute atomic E-state index is 0.111. The van der Waals surface area contributed by atoms with E-state index >= 15 is 0 Å². The number of ether oxygens (including phenoxy) is 2. The van der Waals surface area contributed by atoms with Crippen LogP contribution in [0.15, 0.2) is 0 Å². The number of hydrogen-bond donors (Lipinski definition) is 0. The maximum atomic E-state index is 5.63. The van der Waals surface area contributed by atoms with Gasteiger partial charge in [0.2, 0.25) is 0 Å². The molecule has 2 nitrogen and oxygen atoms in total. The Bertz CT molecular complexity index is 153. The second kappa shape index (κ2) is 3.95. The summed E-state index contributed by atoms with van der Waals surface area (Å²) in [7, 11) is 0. The van der Waals surface area contributed by atoms with Crippen LogP contribution < -0.4 is 0 Å². The van der Waals surface area contributed by atoms with E-state index < -0.39 is 5.79 Å². The molecule has 0 saturated carbocycles. The Labute approximate surface area is 90.3 Å². The van der Waals surface area contributed by atoms with Gasteiger partial charge in [-0.3, -0.25) is 0 Å². The van der Waals surface area contributed by atoms with Crippen LogP contribution in [0.25, 0.3) is 0 Å². The van der Waals surface area contributed by atoms with Crippen molar-refractivity contribution >= 4 is 31.9 Å². The average molecular weight is 302 g/mol. The van der Waals surface area contributed by atoms with Gasteiger partial charge in [0, 0.05) is 0 Å². The van der Waals surface area contributed by atoms with Crippen LogP contribution in [0, 0.1) is 0 Å². The second-order valence-electron chi connectivity index (χ2n) is 3.13. The van der Waals surface area contributed by atoms with Gasteiger partial charge in [-0.15, -0.1) is 0 Å². The van der Waals surface area contributed by atoms with E-state index in [1.807, 2.05) is 0 Å². The molecule has 1 unspecified atom stereocenters. The van der Waals surface area contributed by atoms with Crippen molar-refractivity contribution in [3.63, 3.8) is 0 Å². The van der Waals surface area contributed by atoms with E-state index in [1.165, 1.54) is 0 Å². The minimum Gasteiger partial charge on any atom is -0.345 e. The van der Waals surface area contributed by atoms with Gasteiger partial charge in [0.1, 0.15) is 0 Å². The van der Waals surface area contributed by atoms with Gasteiger partial charge in [-0.2, -0.15) is 0 Å². The summed E-state index contributed by atoms with van der Waals surface area (Å²) in [6.45, 7) is 5.59. The molecule has 1 aliphatic heterocycles. The maximum absolute atomic E-state index is 5.63. The third kappa shape index (κ3) is 1.72. The highest BCUT2D eigenvalue weighted by Gasteiger charge is 2.49. The van der Waals surface area contributed by atoms with Crippen LogP contribution in [0.3, 0.4) is 0 Å². The van der Waals surface area contributed by atoms with E-state index in [2.05, 4.69) is 45.7 Å². The molecule has 0 aliphatic carbocycles. The molecule has 1 saturated heterocycles. The van der Waals surface area contributed by atoms with Gasteiger partial charge in [0.15, 0.2) is 5.79 Å². The van der Waals surface area contributed by atoms with Crippen molar-refractivity contribution in [2.45, 2.75) is 30.4 Å². The second-order valence-corrected chi connectivity index (χ2v) is 5.45. The Hall–Kier alpha value is 0.880. The van der Waals surface area contributed by atoms with E-state index in [0.29, 0.717) is 18.5 Å². The summed E-state index contributed by atoms with van der Waals surface area (Å²) in [6, 6.07) is 0. The van der Waals surface area contributed by atoms with Gasteiger partial charge >= 0.3 is 0 Å². The zero-order valence-corrected chi connectivity index (χ0v) is 10.6. The Morgan fingerprint density at radius 1 is 1.42 bits per heavy atom. The van der Waals surface area contributed by atoms with Crippen molar-refractivity contribution in [3.8, 4) is 0 Å².